The molecule has 1 fully saturated rings. The predicted molar refractivity (Wildman–Crippen MR) is 93.0 cm³/mol. The second kappa shape index (κ2) is 7.65. The number of ether oxygens (including phenoxy) is 1. The summed E-state index contributed by atoms with van der Waals surface area (Å²) in [5.41, 5.74) is 0.827. The molecule has 2 aromatic rings. The van der Waals surface area contributed by atoms with Crippen LogP contribution in [0.15, 0.2) is 36.7 Å². The van der Waals surface area contributed by atoms with Gasteiger partial charge < -0.3 is 15.4 Å². The van der Waals surface area contributed by atoms with Crippen LogP contribution in [0.2, 0.25) is 0 Å². The maximum Gasteiger partial charge on any atom is 0.319 e. The lowest BCUT2D eigenvalue weighted by Crippen LogP contribution is -2.51. The first-order chi connectivity index (χ1) is 12.1. The molecule has 0 spiro atoms. The van der Waals surface area contributed by atoms with E-state index in [4.69, 9.17) is 4.74 Å². The van der Waals surface area contributed by atoms with Gasteiger partial charge in [0, 0.05) is 18.9 Å². The minimum Gasteiger partial charge on any atom is -0.382 e. The highest BCUT2D eigenvalue weighted by Crippen LogP contribution is 2.30. The van der Waals surface area contributed by atoms with Gasteiger partial charge in [0.25, 0.3) is 0 Å². The van der Waals surface area contributed by atoms with E-state index in [1.165, 1.54) is 6.07 Å². The molecule has 1 aromatic carbocycles. The molecule has 3 rings (SSSR count). The van der Waals surface area contributed by atoms with Crippen molar-refractivity contribution in [1.82, 2.24) is 15.1 Å². The molecule has 134 valence electrons. The van der Waals surface area contributed by atoms with E-state index in [-0.39, 0.29) is 17.4 Å². The van der Waals surface area contributed by atoms with Crippen LogP contribution in [0.25, 0.3) is 0 Å². The van der Waals surface area contributed by atoms with Crippen molar-refractivity contribution in [3.8, 4) is 0 Å². The van der Waals surface area contributed by atoms with Crippen molar-refractivity contribution in [3.05, 3.63) is 48.0 Å². The number of carbonyl (C=O) groups excluding carboxylic acids is 1. The molecule has 0 bridgehead atoms. The van der Waals surface area contributed by atoms with Crippen LogP contribution < -0.4 is 10.6 Å². The molecule has 2 N–H and O–H groups in total. The molecule has 1 aliphatic rings. The Bertz CT molecular complexity index is 725. The van der Waals surface area contributed by atoms with E-state index < -0.39 is 0 Å². The van der Waals surface area contributed by atoms with Gasteiger partial charge in [0.05, 0.1) is 30.6 Å². The molecule has 0 unspecified atom stereocenters. The molecule has 1 aromatic heterocycles. The van der Waals surface area contributed by atoms with Crippen LogP contribution in [0.5, 0.6) is 0 Å². The standard InChI is InChI=1S/C18H23FN4O2/c1-25-13-18(8-4-5-9-18)22-17(24)21-15-10-20-23(12-15)11-14-6-2-3-7-16(14)19/h2-3,6-7,10,12H,4-5,8-9,11,13H2,1H3,(H2,21,22,24). The molecule has 0 saturated heterocycles. The number of hydrogen-bond donors (Lipinski definition) is 2. The SMILES string of the molecule is COCC1(NC(=O)Nc2cnn(Cc3ccccc3F)c2)CCCC1. The molecule has 0 atom stereocenters. The summed E-state index contributed by atoms with van der Waals surface area (Å²) >= 11 is 0. The molecule has 2 amide bonds. The quantitative estimate of drug-likeness (QED) is 0.844. The van der Waals surface area contributed by atoms with E-state index in [1.807, 2.05) is 0 Å². The number of nitrogens with zero attached hydrogens (tertiary/aromatic N) is 2. The van der Waals surface area contributed by atoms with E-state index in [9.17, 15) is 9.18 Å². The van der Waals surface area contributed by atoms with Crippen molar-refractivity contribution >= 4 is 11.7 Å². The highest BCUT2D eigenvalue weighted by molar-refractivity contribution is 5.89. The minimum absolute atomic E-state index is 0.270. The summed E-state index contributed by atoms with van der Waals surface area (Å²) in [5.74, 6) is -0.270. The number of anilines is 1. The third kappa shape index (κ3) is 4.36. The third-order valence-electron chi connectivity index (χ3n) is 4.54. The van der Waals surface area contributed by atoms with E-state index in [1.54, 1.807) is 42.4 Å². The molecule has 1 heterocycles. The number of urea groups is 1. The van der Waals surface area contributed by atoms with Crippen molar-refractivity contribution in [2.24, 2.45) is 0 Å². The zero-order valence-corrected chi connectivity index (χ0v) is 14.3. The number of carbonyl (C=O) groups is 1. The van der Waals surface area contributed by atoms with Crippen LogP contribution in [0.4, 0.5) is 14.9 Å². The Labute approximate surface area is 146 Å². The largest absolute Gasteiger partial charge is 0.382 e. The van der Waals surface area contributed by atoms with Crippen molar-refractivity contribution < 1.29 is 13.9 Å². The Morgan fingerprint density at radius 2 is 2.12 bits per heavy atom. The van der Waals surface area contributed by atoms with Gasteiger partial charge in [0.15, 0.2) is 0 Å². The van der Waals surface area contributed by atoms with E-state index in [0.29, 0.717) is 24.4 Å². The molecule has 1 saturated carbocycles. The second-order valence-electron chi connectivity index (χ2n) is 6.52. The van der Waals surface area contributed by atoms with Crippen LogP contribution >= 0.6 is 0 Å². The molecule has 7 heteroatoms. The predicted octanol–water partition coefficient (Wildman–Crippen LogP) is 3.15. The summed E-state index contributed by atoms with van der Waals surface area (Å²) in [6.45, 7) is 0.816. The second-order valence-corrected chi connectivity index (χ2v) is 6.52. The Morgan fingerprint density at radius 1 is 1.36 bits per heavy atom. The monoisotopic (exact) mass is 346 g/mol. The summed E-state index contributed by atoms with van der Waals surface area (Å²) in [7, 11) is 1.65. The van der Waals surface area contributed by atoms with Gasteiger partial charge in [-0.05, 0) is 18.9 Å². The zero-order valence-electron chi connectivity index (χ0n) is 14.3. The van der Waals surface area contributed by atoms with Crippen LogP contribution in [0.3, 0.4) is 0 Å². The van der Waals surface area contributed by atoms with Crippen molar-refractivity contribution in [2.75, 3.05) is 19.0 Å². The average molecular weight is 346 g/mol. The zero-order chi connectivity index (χ0) is 17.7. The molecule has 6 nitrogen and oxygen atoms in total. The van der Waals surface area contributed by atoms with Gasteiger partial charge in [-0.25, -0.2) is 9.18 Å². The lowest BCUT2D eigenvalue weighted by atomic mass is 9.99. The number of nitrogens with one attached hydrogen (secondary N) is 2. The number of amides is 2. The fourth-order valence-electron chi connectivity index (χ4n) is 3.35. The molecule has 0 aliphatic heterocycles. The van der Waals surface area contributed by atoms with Crippen LogP contribution in [0.1, 0.15) is 31.2 Å². The van der Waals surface area contributed by atoms with E-state index in [2.05, 4.69) is 15.7 Å². The Hall–Kier alpha value is -2.41. The number of hydrogen-bond acceptors (Lipinski definition) is 3. The Morgan fingerprint density at radius 3 is 2.84 bits per heavy atom. The summed E-state index contributed by atoms with van der Waals surface area (Å²) in [6, 6.07) is 6.29. The number of halogens is 1. The fourth-order valence-corrected chi connectivity index (χ4v) is 3.35. The summed E-state index contributed by atoms with van der Waals surface area (Å²) in [4.78, 5) is 12.3. The number of rotatable bonds is 6. The maximum absolute atomic E-state index is 13.7. The van der Waals surface area contributed by atoms with Crippen LogP contribution in [0, 0.1) is 5.82 Å². The van der Waals surface area contributed by atoms with Crippen LogP contribution in [-0.4, -0.2) is 35.1 Å². The maximum atomic E-state index is 13.7. The molecule has 0 radical (unpaired) electrons. The van der Waals surface area contributed by atoms with E-state index >= 15 is 0 Å². The minimum atomic E-state index is -0.290. The molecular formula is C18H23FN4O2. The van der Waals surface area contributed by atoms with Gasteiger partial charge in [-0.1, -0.05) is 31.0 Å². The third-order valence-corrected chi connectivity index (χ3v) is 4.54. The number of methoxy groups -OCH3 is 1. The highest BCUT2D eigenvalue weighted by Gasteiger charge is 2.35. The van der Waals surface area contributed by atoms with Crippen LogP contribution in [-0.2, 0) is 11.3 Å². The van der Waals surface area contributed by atoms with Crippen molar-refractivity contribution in [2.45, 2.75) is 37.8 Å². The normalized spacial score (nSPS) is 15.9. The first-order valence-corrected chi connectivity index (χ1v) is 8.44. The smallest absolute Gasteiger partial charge is 0.319 e. The molecular weight excluding hydrogens is 323 g/mol. The Balaban J connectivity index is 1.59. The molecule has 1 aliphatic carbocycles. The summed E-state index contributed by atoms with van der Waals surface area (Å²) in [6.07, 6.45) is 7.25. The van der Waals surface area contributed by atoms with Gasteiger partial charge in [-0.15, -0.1) is 0 Å². The fraction of sp³-hybridized carbons (Fsp3) is 0.444. The van der Waals surface area contributed by atoms with Crippen molar-refractivity contribution in [1.29, 1.82) is 0 Å². The lowest BCUT2D eigenvalue weighted by Gasteiger charge is -2.29. The van der Waals surface area contributed by atoms with Gasteiger partial charge in [0.1, 0.15) is 5.82 Å². The van der Waals surface area contributed by atoms with Gasteiger partial charge >= 0.3 is 6.03 Å². The first-order valence-electron chi connectivity index (χ1n) is 8.44. The number of benzene rings is 1. The summed E-state index contributed by atoms with van der Waals surface area (Å²) < 4.78 is 20.6. The van der Waals surface area contributed by atoms with Crippen molar-refractivity contribution in [3.63, 3.8) is 0 Å². The Kier molecular flexibility index (Phi) is 5.33. The topological polar surface area (TPSA) is 68.2 Å². The highest BCUT2D eigenvalue weighted by atomic mass is 19.1. The molecule has 25 heavy (non-hydrogen) atoms. The summed E-state index contributed by atoms with van der Waals surface area (Å²) in [5, 5.41) is 10.0. The first kappa shape index (κ1) is 17.4. The van der Waals surface area contributed by atoms with Gasteiger partial charge in [-0.2, -0.15) is 5.10 Å². The van der Waals surface area contributed by atoms with E-state index in [0.717, 1.165) is 25.7 Å². The number of aromatic nitrogens is 2. The van der Waals surface area contributed by atoms with Gasteiger partial charge in [0.2, 0.25) is 0 Å². The van der Waals surface area contributed by atoms with Gasteiger partial charge in [-0.3, -0.25) is 4.68 Å². The lowest BCUT2D eigenvalue weighted by molar-refractivity contribution is 0.117. The average Bonchev–Trinajstić information content (AvgIpc) is 3.20.